The molecule has 1 aromatic carbocycles. The molecule has 0 radical (unpaired) electrons. The standard InChI is InChI=1S/C15H22N2O2/c1-4-8-16-15(18)10-17-13-6-5-7-14(9-13)19-11-12(2)3/h5-7,9,17H,2,4,8,10-11H2,1,3H3,(H,16,18). The van der Waals surface area contributed by atoms with E-state index in [1.807, 2.05) is 38.1 Å². The summed E-state index contributed by atoms with van der Waals surface area (Å²) >= 11 is 0. The van der Waals surface area contributed by atoms with Gasteiger partial charge in [-0.15, -0.1) is 0 Å². The summed E-state index contributed by atoms with van der Waals surface area (Å²) in [5.41, 5.74) is 1.84. The summed E-state index contributed by atoms with van der Waals surface area (Å²) in [6.07, 6.45) is 0.940. The van der Waals surface area contributed by atoms with E-state index in [1.54, 1.807) is 0 Å². The molecule has 0 saturated heterocycles. The Morgan fingerprint density at radius 1 is 1.42 bits per heavy atom. The summed E-state index contributed by atoms with van der Waals surface area (Å²) in [6.45, 7) is 9.21. The molecule has 0 heterocycles. The van der Waals surface area contributed by atoms with Crippen LogP contribution in [0.2, 0.25) is 0 Å². The van der Waals surface area contributed by atoms with E-state index >= 15 is 0 Å². The van der Waals surface area contributed by atoms with E-state index in [-0.39, 0.29) is 12.5 Å². The fraction of sp³-hybridized carbons (Fsp3) is 0.400. The summed E-state index contributed by atoms with van der Waals surface area (Å²) in [6, 6.07) is 7.54. The van der Waals surface area contributed by atoms with Crippen molar-refractivity contribution in [1.82, 2.24) is 5.32 Å². The minimum atomic E-state index is -0.00453. The van der Waals surface area contributed by atoms with Gasteiger partial charge in [0.1, 0.15) is 12.4 Å². The van der Waals surface area contributed by atoms with Gasteiger partial charge >= 0.3 is 0 Å². The van der Waals surface area contributed by atoms with Crippen LogP contribution in [-0.4, -0.2) is 25.6 Å². The van der Waals surface area contributed by atoms with E-state index < -0.39 is 0 Å². The molecular formula is C15H22N2O2. The fourth-order valence-electron chi connectivity index (χ4n) is 1.41. The van der Waals surface area contributed by atoms with Gasteiger partial charge < -0.3 is 15.4 Å². The van der Waals surface area contributed by atoms with Crippen LogP contribution in [0, 0.1) is 0 Å². The highest BCUT2D eigenvalue weighted by Crippen LogP contribution is 2.17. The monoisotopic (exact) mass is 262 g/mol. The van der Waals surface area contributed by atoms with Gasteiger partial charge in [0.25, 0.3) is 0 Å². The number of benzene rings is 1. The van der Waals surface area contributed by atoms with Crippen LogP contribution >= 0.6 is 0 Å². The molecule has 0 aliphatic carbocycles. The first-order valence-corrected chi connectivity index (χ1v) is 6.49. The van der Waals surface area contributed by atoms with Gasteiger partial charge in [0.05, 0.1) is 6.54 Å². The molecular weight excluding hydrogens is 240 g/mol. The molecule has 0 fully saturated rings. The topological polar surface area (TPSA) is 50.4 Å². The lowest BCUT2D eigenvalue weighted by atomic mass is 10.3. The van der Waals surface area contributed by atoms with E-state index in [0.29, 0.717) is 13.2 Å². The Labute approximate surface area is 114 Å². The number of carbonyl (C=O) groups is 1. The van der Waals surface area contributed by atoms with Crippen LogP contribution in [0.15, 0.2) is 36.4 Å². The Hall–Kier alpha value is -1.97. The lowest BCUT2D eigenvalue weighted by Gasteiger charge is -2.10. The SMILES string of the molecule is C=C(C)COc1cccc(NCC(=O)NCCC)c1. The maximum atomic E-state index is 11.5. The number of carbonyl (C=O) groups excluding carboxylic acids is 1. The van der Waals surface area contributed by atoms with Crippen molar-refractivity contribution in [2.24, 2.45) is 0 Å². The molecule has 0 unspecified atom stereocenters. The van der Waals surface area contributed by atoms with Gasteiger partial charge in [0.2, 0.25) is 5.91 Å². The molecule has 4 heteroatoms. The maximum Gasteiger partial charge on any atom is 0.239 e. The normalized spacial score (nSPS) is 9.79. The van der Waals surface area contributed by atoms with Crippen LogP contribution < -0.4 is 15.4 Å². The molecule has 0 spiro atoms. The number of hydrogen-bond donors (Lipinski definition) is 2. The summed E-state index contributed by atoms with van der Waals surface area (Å²) in [7, 11) is 0. The van der Waals surface area contributed by atoms with Gasteiger partial charge in [0, 0.05) is 18.3 Å². The zero-order valence-corrected chi connectivity index (χ0v) is 11.7. The summed E-state index contributed by atoms with van der Waals surface area (Å²) in [5.74, 6) is 0.761. The van der Waals surface area contributed by atoms with Gasteiger partial charge in [-0.2, -0.15) is 0 Å². The zero-order valence-electron chi connectivity index (χ0n) is 11.7. The second-order valence-electron chi connectivity index (χ2n) is 4.48. The lowest BCUT2D eigenvalue weighted by molar-refractivity contribution is -0.119. The Bertz CT molecular complexity index is 430. The number of amides is 1. The van der Waals surface area contributed by atoms with Crippen molar-refractivity contribution in [2.45, 2.75) is 20.3 Å². The fourth-order valence-corrected chi connectivity index (χ4v) is 1.41. The third-order valence-electron chi connectivity index (χ3n) is 2.34. The molecule has 0 aliphatic rings. The van der Waals surface area contributed by atoms with Crippen LogP contribution in [0.3, 0.4) is 0 Å². The molecule has 104 valence electrons. The summed E-state index contributed by atoms with van der Waals surface area (Å²) < 4.78 is 5.54. The van der Waals surface area contributed by atoms with Crippen LogP contribution in [0.1, 0.15) is 20.3 Å². The van der Waals surface area contributed by atoms with Crippen LogP contribution in [-0.2, 0) is 4.79 Å². The second kappa shape index (κ2) is 8.19. The van der Waals surface area contributed by atoms with Gasteiger partial charge in [0.15, 0.2) is 0 Å². The predicted octanol–water partition coefficient (Wildman–Crippen LogP) is 2.58. The van der Waals surface area contributed by atoms with Gasteiger partial charge in [-0.3, -0.25) is 4.79 Å². The van der Waals surface area contributed by atoms with Crippen molar-refractivity contribution < 1.29 is 9.53 Å². The Morgan fingerprint density at radius 2 is 2.21 bits per heavy atom. The molecule has 4 nitrogen and oxygen atoms in total. The third-order valence-corrected chi connectivity index (χ3v) is 2.34. The van der Waals surface area contributed by atoms with E-state index in [2.05, 4.69) is 17.2 Å². The molecule has 1 amide bonds. The van der Waals surface area contributed by atoms with Crippen LogP contribution in [0.4, 0.5) is 5.69 Å². The summed E-state index contributed by atoms with van der Waals surface area (Å²) in [4.78, 5) is 11.5. The van der Waals surface area contributed by atoms with Crippen molar-refractivity contribution in [2.75, 3.05) is 25.0 Å². The van der Waals surface area contributed by atoms with Crippen molar-refractivity contribution in [1.29, 1.82) is 0 Å². The zero-order chi connectivity index (χ0) is 14.1. The molecule has 0 saturated carbocycles. The lowest BCUT2D eigenvalue weighted by Crippen LogP contribution is -2.30. The minimum Gasteiger partial charge on any atom is -0.489 e. The Kier molecular flexibility index (Phi) is 6.50. The quantitative estimate of drug-likeness (QED) is 0.708. The highest BCUT2D eigenvalue weighted by atomic mass is 16.5. The molecule has 0 aromatic heterocycles. The molecule has 0 aliphatic heterocycles. The van der Waals surface area contributed by atoms with Gasteiger partial charge in [-0.1, -0.05) is 19.6 Å². The van der Waals surface area contributed by atoms with Crippen LogP contribution in [0.25, 0.3) is 0 Å². The first-order chi connectivity index (χ1) is 9.11. The number of rotatable bonds is 8. The average Bonchev–Trinajstić information content (AvgIpc) is 2.41. The van der Waals surface area contributed by atoms with E-state index in [4.69, 9.17) is 4.74 Å². The largest absolute Gasteiger partial charge is 0.489 e. The number of nitrogens with one attached hydrogen (secondary N) is 2. The molecule has 0 atom stereocenters. The third kappa shape index (κ3) is 6.50. The first-order valence-electron chi connectivity index (χ1n) is 6.49. The van der Waals surface area contributed by atoms with Crippen molar-refractivity contribution >= 4 is 11.6 Å². The number of hydrogen-bond acceptors (Lipinski definition) is 3. The van der Waals surface area contributed by atoms with E-state index in [0.717, 1.165) is 23.4 Å². The summed E-state index contributed by atoms with van der Waals surface area (Å²) in [5, 5.41) is 5.88. The van der Waals surface area contributed by atoms with Crippen molar-refractivity contribution in [3.05, 3.63) is 36.4 Å². The van der Waals surface area contributed by atoms with Gasteiger partial charge in [-0.05, 0) is 31.1 Å². The van der Waals surface area contributed by atoms with Gasteiger partial charge in [-0.25, -0.2) is 0 Å². The second-order valence-corrected chi connectivity index (χ2v) is 4.48. The molecule has 19 heavy (non-hydrogen) atoms. The van der Waals surface area contributed by atoms with Crippen molar-refractivity contribution in [3.63, 3.8) is 0 Å². The highest BCUT2D eigenvalue weighted by molar-refractivity contribution is 5.80. The molecule has 0 bridgehead atoms. The Balaban J connectivity index is 2.43. The van der Waals surface area contributed by atoms with E-state index in [1.165, 1.54) is 0 Å². The molecule has 2 N–H and O–H groups in total. The Morgan fingerprint density at radius 3 is 2.89 bits per heavy atom. The molecule has 1 rings (SSSR count). The minimum absolute atomic E-state index is 0.00453. The van der Waals surface area contributed by atoms with Crippen molar-refractivity contribution in [3.8, 4) is 5.75 Å². The highest BCUT2D eigenvalue weighted by Gasteiger charge is 2.01. The van der Waals surface area contributed by atoms with E-state index in [9.17, 15) is 4.79 Å². The predicted molar refractivity (Wildman–Crippen MR) is 78.5 cm³/mol. The maximum absolute atomic E-state index is 11.5. The average molecular weight is 262 g/mol. The molecule has 1 aromatic rings. The number of anilines is 1. The van der Waals surface area contributed by atoms with Crippen LogP contribution in [0.5, 0.6) is 5.75 Å². The number of ether oxygens (including phenoxy) is 1. The smallest absolute Gasteiger partial charge is 0.239 e. The first kappa shape index (κ1) is 15.1.